The standard InChI is InChI=1S/C10H7N2O5S/c11-7-4-5-8(12(13)14)10-6(7)2-1-3-9(10)18(15,16)17/h1-3,5H,11H2,(H,15,16,17). The van der Waals surface area contributed by atoms with Gasteiger partial charge in [0.05, 0.1) is 10.3 Å². The second-order valence-electron chi connectivity index (χ2n) is 3.50. The molecule has 0 unspecified atom stereocenters. The van der Waals surface area contributed by atoms with E-state index in [0.29, 0.717) is 0 Å². The fraction of sp³-hybridized carbons (Fsp3) is 0. The highest BCUT2D eigenvalue weighted by molar-refractivity contribution is 7.86. The number of nitro groups is 1. The first kappa shape index (κ1) is 12.3. The van der Waals surface area contributed by atoms with Crippen molar-refractivity contribution in [2.45, 2.75) is 4.90 Å². The fourth-order valence-corrected chi connectivity index (χ4v) is 2.40. The minimum atomic E-state index is -4.58. The van der Waals surface area contributed by atoms with Gasteiger partial charge in [-0.15, -0.1) is 0 Å². The lowest BCUT2D eigenvalue weighted by Gasteiger charge is -2.06. The molecule has 2 aromatic rings. The minimum absolute atomic E-state index is 0.0705. The molecule has 0 heterocycles. The van der Waals surface area contributed by atoms with Crippen LogP contribution in [0, 0.1) is 16.2 Å². The maximum atomic E-state index is 11.2. The molecule has 0 spiro atoms. The van der Waals surface area contributed by atoms with Gasteiger partial charge in [0.1, 0.15) is 4.90 Å². The Bertz CT molecular complexity index is 754. The topological polar surface area (TPSA) is 124 Å². The molecule has 1 radical (unpaired) electrons. The van der Waals surface area contributed by atoms with Crippen LogP contribution in [0.15, 0.2) is 29.2 Å². The predicted octanol–water partition coefficient (Wildman–Crippen LogP) is 1.38. The van der Waals surface area contributed by atoms with Crippen molar-refractivity contribution in [3.05, 3.63) is 40.4 Å². The maximum Gasteiger partial charge on any atom is 0.295 e. The summed E-state index contributed by atoms with van der Waals surface area (Å²) < 4.78 is 31.5. The van der Waals surface area contributed by atoms with E-state index < -0.39 is 25.6 Å². The number of anilines is 1. The number of fused-ring (bicyclic) bond motifs is 1. The summed E-state index contributed by atoms with van der Waals surface area (Å²) in [6.45, 7) is 0. The van der Waals surface area contributed by atoms with Crippen LogP contribution in [-0.2, 0) is 10.1 Å². The Morgan fingerprint density at radius 2 is 2.06 bits per heavy atom. The first-order valence-corrected chi connectivity index (χ1v) is 6.11. The number of rotatable bonds is 2. The van der Waals surface area contributed by atoms with Gasteiger partial charge in [0.2, 0.25) is 0 Å². The minimum Gasteiger partial charge on any atom is -0.398 e. The van der Waals surface area contributed by atoms with Crippen molar-refractivity contribution in [2.24, 2.45) is 0 Å². The third kappa shape index (κ3) is 1.87. The van der Waals surface area contributed by atoms with Crippen molar-refractivity contribution < 1.29 is 17.9 Å². The van der Waals surface area contributed by atoms with Crippen LogP contribution in [0.25, 0.3) is 10.8 Å². The summed E-state index contributed by atoms with van der Waals surface area (Å²) in [4.78, 5) is 9.57. The summed E-state index contributed by atoms with van der Waals surface area (Å²) in [6, 6.07) is 7.27. The number of nitrogens with zero attached hydrogens (tertiary/aromatic N) is 1. The summed E-state index contributed by atoms with van der Waals surface area (Å²) in [5.74, 6) is 0. The zero-order chi connectivity index (χ0) is 13.5. The number of nitrogens with two attached hydrogens (primary N) is 1. The molecule has 0 saturated heterocycles. The van der Waals surface area contributed by atoms with Gasteiger partial charge in [-0.1, -0.05) is 12.1 Å². The Kier molecular flexibility index (Phi) is 2.68. The van der Waals surface area contributed by atoms with E-state index in [4.69, 9.17) is 10.3 Å². The van der Waals surface area contributed by atoms with Crippen molar-refractivity contribution in [2.75, 3.05) is 5.73 Å². The van der Waals surface area contributed by atoms with Crippen molar-refractivity contribution in [1.29, 1.82) is 0 Å². The molecule has 0 amide bonds. The average molecular weight is 267 g/mol. The molecule has 0 atom stereocenters. The van der Waals surface area contributed by atoms with Crippen molar-refractivity contribution >= 4 is 32.3 Å². The highest BCUT2D eigenvalue weighted by atomic mass is 32.2. The number of hydrogen-bond donors (Lipinski definition) is 2. The molecule has 0 saturated carbocycles. The molecule has 2 aromatic carbocycles. The maximum absolute atomic E-state index is 11.2. The van der Waals surface area contributed by atoms with Crippen molar-refractivity contribution in [3.8, 4) is 0 Å². The first-order valence-electron chi connectivity index (χ1n) is 4.67. The molecule has 8 heteroatoms. The summed E-state index contributed by atoms with van der Waals surface area (Å²) >= 11 is 0. The van der Waals surface area contributed by atoms with Gasteiger partial charge in [0.15, 0.2) is 0 Å². The second kappa shape index (κ2) is 3.93. The van der Waals surface area contributed by atoms with Gasteiger partial charge in [-0.2, -0.15) is 8.42 Å². The molecule has 0 aliphatic carbocycles. The van der Waals surface area contributed by atoms with E-state index in [0.717, 1.165) is 12.1 Å². The smallest absolute Gasteiger partial charge is 0.295 e. The SMILES string of the molecule is Nc1[c]cc([N+](=O)[O-])c2c(S(=O)(=O)O)cccc12. The lowest BCUT2D eigenvalue weighted by atomic mass is 10.1. The van der Waals surface area contributed by atoms with E-state index in [1.54, 1.807) is 0 Å². The summed E-state index contributed by atoms with van der Waals surface area (Å²) in [5, 5.41) is 10.8. The van der Waals surface area contributed by atoms with Crippen LogP contribution in [0.1, 0.15) is 0 Å². The Labute approximate surface area is 102 Å². The van der Waals surface area contributed by atoms with E-state index in [-0.39, 0.29) is 16.5 Å². The van der Waals surface area contributed by atoms with E-state index in [9.17, 15) is 18.5 Å². The Morgan fingerprint density at radius 1 is 1.39 bits per heavy atom. The van der Waals surface area contributed by atoms with Crippen LogP contribution in [0.4, 0.5) is 11.4 Å². The zero-order valence-corrected chi connectivity index (χ0v) is 9.64. The molecule has 7 nitrogen and oxygen atoms in total. The zero-order valence-electron chi connectivity index (χ0n) is 8.82. The lowest BCUT2D eigenvalue weighted by molar-refractivity contribution is -0.383. The number of benzene rings is 2. The quantitative estimate of drug-likeness (QED) is 0.366. The molecule has 2 rings (SSSR count). The van der Waals surface area contributed by atoms with Gasteiger partial charge in [0, 0.05) is 23.2 Å². The van der Waals surface area contributed by atoms with Crippen LogP contribution >= 0.6 is 0 Å². The van der Waals surface area contributed by atoms with Crippen molar-refractivity contribution in [3.63, 3.8) is 0 Å². The lowest BCUT2D eigenvalue weighted by Crippen LogP contribution is -2.02. The number of non-ortho nitro benzene ring substituents is 1. The number of hydrogen-bond acceptors (Lipinski definition) is 5. The largest absolute Gasteiger partial charge is 0.398 e. The molecule has 0 aliphatic rings. The summed E-state index contributed by atoms with van der Waals surface area (Å²) in [7, 11) is -4.58. The monoisotopic (exact) mass is 267 g/mol. The normalized spacial score (nSPS) is 11.6. The molecule has 3 N–H and O–H groups in total. The van der Waals surface area contributed by atoms with Gasteiger partial charge in [-0.3, -0.25) is 14.7 Å². The first-order chi connectivity index (χ1) is 8.32. The second-order valence-corrected chi connectivity index (χ2v) is 4.89. The van der Waals surface area contributed by atoms with Crippen molar-refractivity contribution in [1.82, 2.24) is 0 Å². The van der Waals surface area contributed by atoms with Crippen LogP contribution in [-0.4, -0.2) is 17.9 Å². The van der Waals surface area contributed by atoms with Crippen LogP contribution < -0.4 is 5.73 Å². The molecule has 18 heavy (non-hydrogen) atoms. The third-order valence-corrected chi connectivity index (χ3v) is 3.31. The average Bonchev–Trinajstić information content (AvgIpc) is 2.27. The molecular formula is C10H7N2O5S. The number of nitro benzene ring substituents is 1. The van der Waals surface area contributed by atoms with E-state index in [1.807, 2.05) is 0 Å². The van der Waals surface area contributed by atoms with E-state index in [2.05, 4.69) is 6.07 Å². The van der Waals surface area contributed by atoms with Gasteiger partial charge in [-0.25, -0.2) is 0 Å². The predicted molar refractivity (Wildman–Crippen MR) is 63.7 cm³/mol. The summed E-state index contributed by atoms with van der Waals surface area (Å²) in [5.41, 5.74) is 5.17. The van der Waals surface area contributed by atoms with E-state index in [1.165, 1.54) is 12.1 Å². The molecule has 0 bridgehead atoms. The Morgan fingerprint density at radius 3 is 2.61 bits per heavy atom. The summed E-state index contributed by atoms with van der Waals surface area (Å²) in [6.07, 6.45) is 0. The molecule has 93 valence electrons. The van der Waals surface area contributed by atoms with Gasteiger partial charge in [0.25, 0.3) is 15.8 Å². The molecule has 0 aliphatic heterocycles. The highest BCUT2D eigenvalue weighted by Crippen LogP contribution is 2.34. The molecule has 0 fully saturated rings. The van der Waals surface area contributed by atoms with Gasteiger partial charge in [-0.05, 0) is 6.07 Å². The van der Waals surface area contributed by atoms with Gasteiger partial charge < -0.3 is 5.73 Å². The van der Waals surface area contributed by atoms with Crippen LogP contribution in [0.3, 0.4) is 0 Å². The van der Waals surface area contributed by atoms with Crippen LogP contribution in [0.5, 0.6) is 0 Å². The molecule has 0 aromatic heterocycles. The third-order valence-electron chi connectivity index (χ3n) is 2.41. The Hall–Kier alpha value is -2.19. The van der Waals surface area contributed by atoms with Gasteiger partial charge >= 0.3 is 0 Å². The number of nitrogen functional groups attached to an aromatic ring is 1. The molecular weight excluding hydrogens is 260 g/mol. The van der Waals surface area contributed by atoms with E-state index >= 15 is 0 Å². The van der Waals surface area contributed by atoms with Crippen LogP contribution in [0.2, 0.25) is 0 Å². The fourth-order valence-electron chi connectivity index (χ4n) is 1.67. The highest BCUT2D eigenvalue weighted by Gasteiger charge is 2.23. The Balaban J connectivity index is 3.07.